The molecule has 0 bridgehead atoms. The minimum Gasteiger partial charge on any atom is -0.352 e. The molecule has 2 amide bonds. The van der Waals surface area contributed by atoms with E-state index in [0.717, 1.165) is 33.1 Å². The molecule has 2 atom stereocenters. The summed E-state index contributed by atoms with van der Waals surface area (Å²) in [5.41, 5.74) is 4.23. The van der Waals surface area contributed by atoms with E-state index in [1.807, 2.05) is 64.1 Å². The first-order valence-corrected chi connectivity index (χ1v) is 10.9. The van der Waals surface area contributed by atoms with Gasteiger partial charge in [0.05, 0.1) is 6.42 Å². The number of benzene rings is 2. The molecule has 0 unspecified atom stereocenters. The molecule has 0 spiro atoms. The lowest BCUT2D eigenvalue weighted by molar-refractivity contribution is -0.140. The smallest absolute Gasteiger partial charge is 0.242 e. The summed E-state index contributed by atoms with van der Waals surface area (Å²) < 4.78 is 0.983. The normalized spacial score (nSPS) is 12.9. The zero-order chi connectivity index (χ0) is 21.6. The summed E-state index contributed by atoms with van der Waals surface area (Å²) in [7, 11) is 0. The Bertz CT molecular complexity index is 828. The maximum atomic E-state index is 13.2. The summed E-state index contributed by atoms with van der Waals surface area (Å²) >= 11 is 3.44. The molecule has 2 rings (SSSR count). The van der Waals surface area contributed by atoms with Crippen molar-refractivity contribution < 1.29 is 9.59 Å². The van der Waals surface area contributed by atoms with Crippen molar-refractivity contribution >= 4 is 27.7 Å². The van der Waals surface area contributed by atoms with E-state index in [1.165, 1.54) is 0 Å². The van der Waals surface area contributed by atoms with E-state index in [4.69, 9.17) is 0 Å². The van der Waals surface area contributed by atoms with Crippen LogP contribution in [0.5, 0.6) is 0 Å². The summed E-state index contributed by atoms with van der Waals surface area (Å²) in [5.74, 6) is -0.171. The molecule has 0 aliphatic heterocycles. The van der Waals surface area contributed by atoms with Crippen molar-refractivity contribution in [2.24, 2.45) is 0 Å². The number of amides is 2. The van der Waals surface area contributed by atoms with Gasteiger partial charge in [0, 0.05) is 17.1 Å². The van der Waals surface area contributed by atoms with Crippen LogP contribution >= 0.6 is 15.9 Å². The number of nitrogens with one attached hydrogen (secondary N) is 1. The van der Waals surface area contributed by atoms with E-state index >= 15 is 0 Å². The largest absolute Gasteiger partial charge is 0.352 e. The topological polar surface area (TPSA) is 49.4 Å². The fraction of sp³-hybridized carbons (Fsp3) is 0.417. The van der Waals surface area contributed by atoms with E-state index in [9.17, 15) is 9.59 Å². The van der Waals surface area contributed by atoms with Crippen LogP contribution in [0.4, 0.5) is 0 Å². The SMILES string of the molecule is CC[C@@H](C)NC(=O)[C@H](C)N(Cc1ccc(Br)cc1)C(=O)Cc1cc(C)cc(C)c1. The molecule has 0 saturated heterocycles. The molecule has 0 aromatic heterocycles. The molecular formula is C24H31BrN2O2. The van der Waals surface area contributed by atoms with Gasteiger partial charge in [-0.3, -0.25) is 9.59 Å². The van der Waals surface area contributed by atoms with Crippen molar-refractivity contribution in [3.05, 3.63) is 69.2 Å². The summed E-state index contributed by atoms with van der Waals surface area (Å²) in [4.78, 5) is 27.7. The highest BCUT2D eigenvalue weighted by Crippen LogP contribution is 2.17. The predicted octanol–water partition coefficient (Wildman–Crippen LogP) is 4.94. The van der Waals surface area contributed by atoms with Crippen LogP contribution in [0.1, 0.15) is 49.4 Å². The van der Waals surface area contributed by atoms with Crippen LogP contribution in [-0.2, 0) is 22.6 Å². The molecule has 5 heteroatoms. The number of halogens is 1. The molecule has 0 heterocycles. The number of carbonyl (C=O) groups excluding carboxylic acids is 2. The second-order valence-corrected chi connectivity index (χ2v) is 8.73. The number of hydrogen-bond acceptors (Lipinski definition) is 2. The Balaban J connectivity index is 2.25. The minimum absolute atomic E-state index is 0.0512. The van der Waals surface area contributed by atoms with Crippen molar-refractivity contribution in [3.8, 4) is 0 Å². The van der Waals surface area contributed by atoms with Gasteiger partial charge >= 0.3 is 0 Å². The van der Waals surface area contributed by atoms with E-state index < -0.39 is 6.04 Å². The lowest BCUT2D eigenvalue weighted by Gasteiger charge is -2.30. The molecule has 29 heavy (non-hydrogen) atoms. The highest BCUT2D eigenvalue weighted by molar-refractivity contribution is 9.10. The standard InChI is InChI=1S/C24H31BrN2O2/c1-6-18(4)26-24(29)19(5)27(15-20-7-9-22(25)10-8-20)23(28)14-21-12-16(2)11-17(3)13-21/h7-13,18-19H,6,14-15H2,1-5H3,(H,26,29)/t18-,19+/m1/s1. The lowest BCUT2D eigenvalue weighted by Crippen LogP contribution is -2.49. The van der Waals surface area contributed by atoms with Crippen LogP contribution in [0.25, 0.3) is 0 Å². The molecule has 4 nitrogen and oxygen atoms in total. The maximum absolute atomic E-state index is 13.2. The van der Waals surface area contributed by atoms with Crippen LogP contribution in [0.3, 0.4) is 0 Å². The molecule has 0 aliphatic rings. The molecule has 0 saturated carbocycles. The summed E-state index contributed by atoms with van der Waals surface area (Å²) in [6.45, 7) is 10.3. The van der Waals surface area contributed by atoms with Crippen LogP contribution in [0.2, 0.25) is 0 Å². The average Bonchev–Trinajstić information content (AvgIpc) is 2.65. The molecule has 0 radical (unpaired) electrons. The van der Waals surface area contributed by atoms with Crippen LogP contribution < -0.4 is 5.32 Å². The predicted molar refractivity (Wildman–Crippen MR) is 122 cm³/mol. The van der Waals surface area contributed by atoms with Gasteiger partial charge in [-0.2, -0.15) is 0 Å². The third kappa shape index (κ3) is 7.00. The Morgan fingerprint density at radius 1 is 1.00 bits per heavy atom. The van der Waals surface area contributed by atoms with Gasteiger partial charge in [0.25, 0.3) is 0 Å². The highest BCUT2D eigenvalue weighted by atomic mass is 79.9. The van der Waals surface area contributed by atoms with Crippen LogP contribution in [0, 0.1) is 13.8 Å². The molecule has 0 fully saturated rings. The molecular weight excluding hydrogens is 428 g/mol. The zero-order valence-electron chi connectivity index (χ0n) is 18.0. The first-order chi connectivity index (χ1) is 13.7. The van der Waals surface area contributed by atoms with Crippen molar-refractivity contribution in [1.82, 2.24) is 10.2 Å². The van der Waals surface area contributed by atoms with Crippen molar-refractivity contribution in [2.75, 3.05) is 0 Å². The lowest BCUT2D eigenvalue weighted by atomic mass is 10.0. The van der Waals surface area contributed by atoms with Gasteiger partial charge < -0.3 is 10.2 Å². The fourth-order valence-electron chi connectivity index (χ4n) is 3.28. The number of hydrogen-bond donors (Lipinski definition) is 1. The summed E-state index contributed by atoms with van der Waals surface area (Å²) in [6, 6.07) is 13.5. The zero-order valence-corrected chi connectivity index (χ0v) is 19.5. The molecule has 2 aromatic carbocycles. The molecule has 0 aliphatic carbocycles. The average molecular weight is 459 g/mol. The van der Waals surface area contributed by atoms with Crippen molar-refractivity contribution in [1.29, 1.82) is 0 Å². The monoisotopic (exact) mass is 458 g/mol. The number of aryl methyl sites for hydroxylation is 2. The second kappa shape index (κ2) is 10.6. The van der Waals surface area contributed by atoms with Gasteiger partial charge in [-0.15, -0.1) is 0 Å². The number of carbonyl (C=O) groups is 2. The Kier molecular flexibility index (Phi) is 8.45. The van der Waals surface area contributed by atoms with Gasteiger partial charge in [-0.05, 0) is 57.4 Å². The Hall–Kier alpha value is -2.14. The van der Waals surface area contributed by atoms with Crippen LogP contribution in [0.15, 0.2) is 46.9 Å². The van der Waals surface area contributed by atoms with Crippen LogP contribution in [-0.4, -0.2) is 28.8 Å². The summed E-state index contributed by atoms with van der Waals surface area (Å²) in [6.07, 6.45) is 1.13. The third-order valence-corrected chi connectivity index (χ3v) is 5.60. The first-order valence-electron chi connectivity index (χ1n) is 10.1. The van der Waals surface area contributed by atoms with Gasteiger partial charge in [0.2, 0.25) is 11.8 Å². The quantitative estimate of drug-likeness (QED) is 0.608. The van der Waals surface area contributed by atoms with E-state index in [1.54, 1.807) is 11.8 Å². The van der Waals surface area contributed by atoms with Gasteiger partial charge in [0.1, 0.15) is 6.04 Å². The van der Waals surface area contributed by atoms with Gasteiger partial charge in [0.15, 0.2) is 0 Å². The second-order valence-electron chi connectivity index (χ2n) is 7.81. The highest BCUT2D eigenvalue weighted by Gasteiger charge is 2.26. The van der Waals surface area contributed by atoms with Crippen molar-refractivity contribution in [2.45, 2.75) is 66.1 Å². The molecule has 156 valence electrons. The number of nitrogens with zero attached hydrogens (tertiary/aromatic N) is 1. The number of rotatable bonds is 8. The summed E-state index contributed by atoms with van der Waals surface area (Å²) in [5, 5.41) is 3.00. The van der Waals surface area contributed by atoms with Gasteiger partial charge in [-0.25, -0.2) is 0 Å². The Labute approximate surface area is 182 Å². The van der Waals surface area contributed by atoms with E-state index in [0.29, 0.717) is 6.54 Å². The Morgan fingerprint density at radius 2 is 1.59 bits per heavy atom. The van der Waals surface area contributed by atoms with E-state index in [-0.39, 0.29) is 24.3 Å². The first kappa shape index (κ1) is 23.1. The third-order valence-electron chi connectivity index (χ3n) is 5.07. The van der Waals surface area contributed by atoms with Crippen molar-refractivity contribution in [3.63, 3.8) is 0 Å². The molecule has 2 aromatic rings. The molecule has 1 N–H and O–H groups in total. The minimum atomic E-state index is -0.550. The Morgan fingerprint density at radius 3 is 2.14 bits per heavy atom. The maximum Gasteiger partial charge on any atom is 0.242 e. The van der Waals surface area contributed by atoms with E-state index in [2.05, 4.69) is 27.3 Å². The fourth-order valence-corrected chi connectivity index (χ4v) is 3.55. The van der Waals surface area contributed by atoms with Gasteiger partial charge in [-0.1, -0.05) is 64.3 Å².